The maximum Gasteiger partial charge on any atom is 0.315 e. The third-order valence-corrected chi connectivity index (χ3v) is 5.36. The number of thiophene rings is 1. The first-order chi connectivity index (χ1) is 14.3. The summed E-state index contributed by atoms with van der Waals surface area (Å²) in [6, 6.07) is 17.4. The minimum absolute atomic E-state index is 0.203. The van der Waals surface area contributed by atoms with E-state index < -0.39 is 0 Å². The minimum Gasteiger partial charge on any atom is -0.371 e. The highest BCUT2D eigenvalue weighted by Gasteiger charge is 2.18. The van der Waals surface area contributed by atoms with Gasteiger partial charge in [-0.05, 0) is 61.0 Å². The lowest BCUT2D eigenvalue weighted by atomic mass is 10.1. The number of carbonyl (C=O) groups is 1. The summed E-state index contributed by atoms with van der Waals surface area (Å²) in [5, 5.41) is 7.87. The second-order valence-corrected chi connectivity index (χ2v) is 9.03. The number of halogens is 1. The van der Waals surface area contributed by atoms with Crippen LogP contribution in [0.1, 0.15) is 48.4 Å². The van der Waals surface area contributed by atoms with Gasteiger partial charge in [0.1, 0.15) is 5.82 Å². The molecule has 1 aromatic heterocycles. The highest BCUT2D eigenvalue weighted by atomic mass is 32.1. The molecular weight excluding hydrogens is 399 g/mol. The van der Waals surface area contributed by atoms with Gasteiger partial charge in [0.15, 0.2) is 0 Å². The van der Waals surface area contributed by atoms with Gasteiger partial charge in [-0.1, -0.05) is 42.5 Å². The highest BCUT2D eigenvalue weighted by Crippen LogP contribution is 2.26. The smallest absolute Gasteiger partial charge is 0.315 e. The van der Waals surface area contributed by atoms with Gasteiger partial charge in [-0.2, -0.15) is 0 Å². The second kappa shape index (κ2) is 9.87. The van der Waals surface area contributed by atoms with Gasteiger partial charge in [0, 0.05) is 11.4 Å². The summed E-state index contributed by atoms with van der Waals surface area (Å²) in [5.74, 6) is -0.302. The summed E-state index contributed by atoms with van der Waals surface area (Å²) in [5.41, 5.74) is 2.68. The standard InChI is InChI=1S/C24H27FN2O2S/c1-24(2,3)29-16-18-7-4-6-17(14-18)15-26-23(28)27-22(21-8-5-13-30-21)19-9-11-20(25)12-10-19/h4-14,22H,15-16H2,1-3H3,(H2,26,27,28). The molecule has 0 aliphatic rings. The maximum atomic E-state index is 13.3. The quantitative estimate of drug-likeness (QED) is 0.502. The first kappa shape index (κ1) is 22.0. The second-order valence-electron chi connectivity index (χ2n) is 8.05. The Morgan fingerprint density at radius 2 is 1.80 bits per heavy atom. The van der Waals surface area contributed by atoms with Crippen LogP contribution < -0.4 is 10.6 Å². The van der Waals surface area contributed by atoms with Crippen LogP contribution in [-0.4, -0.2) is 11.6 Å². The van der Waals surface area contributed by atoms with E-state index in [0.717, 1.165) is 21.6 Å². The zero-order chi connectivity index (χ0) is 21.6. The van der Waals surface area contributed by atoms with Crippen LogP contribution >= 0.6 is 11.3 Å². The average Bonchev–Trinajstić information content (AvgIpc) is 3.24. The summed E-state index contributed by atoms with van der Waals surface area (Å²) >= 11 is 1.55. The van der Waals surface area contributed by atoms with E-state index in [9.17, 15) is 9.18 Å². The molecule has 0 fully saturated rings. The fourth-order valence-corrected chi connectivity index (χ4v) is 3.73. The van der Waals surface area contributed by atoms with E-state index in [2.05, 4.69) is 10.6 Å². The van der Waals surface area contributed by atoms with Crippen LogP contribution in [0.15, 0.2) is 66.0 Å². The molecule has 1 heterocycles. The van der Waals surface area contributed by atoms with Crippen molar-refractivity contribution in [2.75, 3.05) is 0 Å². The Labute approximate surface area is 181 Å². The number of hydrogen-bond acceptors (Lipinski definition) is 3. The van der Waals surface area contributed by atoms with E-state index >= 15 is 0 Å². The minimum atomic E-state index is -0.336. The van der Waals surface area contributed by atoms with Gasteiger partial charge in [-0.25, -0.2) is 9.18 Å². The third-order valence-electron chi connectivity index (χ3n) is 4.42. The maximum absolute atomic E-state index is 13.3. The number of carbonyl (C=O) groups excluding carboxylic acids is 1. The van der Waals surface area contributed by atoms with Gasteiger partial charge in [0.05, 0.1) is 18.2 Å². The SMILES string of the molecule is CC(C)(C)OCc1cccc(CNC(=O)NC(c2ccc(F)cc2)c2cccs2)c1. The first-order valence-corrected chi connectivity index (χ1v) is 10.7. The number of rotatable bonds is 7. The van der Waals surface area contributed by atoms with Crippen molar-refractivity contribution in [2.45, 2.75) is 45.6 Å². The molecule has 0 saturated heterocycles. The van der Waals surface area contributed by atoms with Gasteiger partial charge in [0.25, 0.3) is 0 Å². The molecule has 2 aromatic carbocycles. The monoisotopic (exact) mass is 426 g/mol. The lowest BCUT2D eigenvalue weighted by molar-refractivity contribution is -0.0149. The van der Waals surface area contributed by atoms with Crippen molar-refractivity contribution < 1.29 is 13.9 Å². The largest absolute Gasteiger partial charge is 0.371 e. The van der Waals surface area contributed by atoms with Crippen molar-refractivity contribution in [3.63, 3.8) is 0 Å². The molecule has 2 amide bonds. The third kappa shape index (κ3) is 6.68. The molecule has 0 radical (unpaired) electrons. The zero-order valence-corrected chi connectivity index (χ0v) is 18.3. The molecule has 3 rings (SSSR count). The van der Waals surface area contributed by atoms with Crippen molar-refractivity contribution in [3.8, 4) is 0 Å². The summed E-state index contributed by atoms with van der Waals surface area (Å²) in [6.07, 6.45) is 0. The van der Waals surface area contributed by atoms with E-state index in [0.29, 0.717) is 13.2 Å². The average molecular weight is 427 g/mol. The van der Waals surface area contributed by atoms with Crippen molar-refractivity contribution >= 4 is 17.4 Å². The molecule has 2 N–H and O–H groups in total. The fourth-order valence-electron chi connectivity index (χ4n) is 2.92. The fraction of sp³-hybridized carbons (Fsp3) is 0.292. The van der Waals surface area contributed by atoms with E-state index in [1.807, 2.05) is 62.5 Å². The predicted molar refractivity (Wildman–Crippen MR) is 119 cm³/mol. The molecule has 6 heteroatoms. The number of benzene rings is 2. The number of ether oxygens (including phenoxy) is 1. The Balaban J connectivity index is 1.62. The van der Waals surface area contributed by atoms with E-state index in [-0.39, 0.29) is 23.5 Å². The van der Waals surface area contributed by atoms with Crippen LogP contribution in [-0.2, 0) is 17.9 Å². The molecule has 0 aliphatic carbocycles. The van der Waals surface area contributed by atoms with Gasteiger partial charge >= 0.3 is 6.03 Å². The number of nitrogens with one attached hydrogen (secondary N) is 2. The van der Waals surface area contributed by atoms with Crippen LogP contribution in [0.3, 0.4) is 0 Å². The predicted octanol–water partition coefficient (Wildman–Crippen LogP) is 5.79. The Kier molecular flexibility index (Phi) is 7.24. The van der Waals surface area contributed by atoms with Crippen LogP contribution in [0.5, 0.6) is 0 Å². The lowest BCUT2D eigenvalue weighted by Gasteiger charge is -2.20. The van der Waals surface area contributed by atoms with Gasteiger partial charge < -0.3 is 15.4 Å². The molecule has 0 aliphatic heterocycles. The Morgan fingerprint density at radius 3 is 2.47 bits per heavy atom. The van der Waals surface area contributed by atoms with Crippen LogP contribution in [0.25, 0.3) is 0 Å². The van der Waals surface area contributed by atoms with E-state index in [1.165, 1.54) is 12.1 Å². The van der Waals surface area contributed by atoms with E-state index in [4.69, 9.17) is 4.74 Å². The van der Waals surface area contributed by atoms with Crippen molar-refractivity contribution in [2.24, 2.45) is 0 Å². The molecule has 0 saturated carbocycles. The van der Waals surface area contributed by atoms with Gasteiger partial charge in [-0.15, -0.1) is 11.3 Å². The molecule has 3 aromatic rings. The molecule has 0 spiro atoms. The molecule has 30 heavy (non-hydrogen) atoms. The van der Waals surface area contributed by atoms with Crippen molar-refractivity contribution in [1.29, 1.82) is 0 Å². The van der Waals surface area contributed by atoms with E-state index in [1.54, 1.807) is 23.5 Å². The van der Waals surface area contributed by atoms with Crippen LogP contribution in [0, 0.1) is 5.82 Å². The topological polar surface area (TPSA) is 50.4 Å². The Hall–Kier alpha value is -2.70. The zero-order valence-electron chi connectivity index (χ0n) is 17.4. The Bertz CT molecular complexity index is 950. The molecule has 0 bridgehead atoms. The molecular formula is C24H27FN2O2S. The lowest BCUT2D eigenvalue weighted by Crippen LogP contribution is -2.37. The van der Waals surface area contributed by atoms with Crippen LogP contribution in [0.2, 0.25) is 0 Å². The first-order valence-electron chi connectivity index (χ1n) is 9.85. The number of amides is 2. The van der Waals surface area contributed by atoms with Crippen molar-refractivity contribution in [3.05, 3.63) is 93.4 Å². The molecule has 1 atom stereocenters. The summed E-state index contributed by atoms with van der Waals surface area (Å²) in [6.45, 7) is 6.99. The summed E-state index contributed by atoms with van der Waals surface area (Å²) in [4.78, 5) is 13.6. The molecule has 4 nitrogen and oxygen atoms in total. The number of hydrogen-bond donors (Lipinski definition) is 2. The number of urea groups is 1. The normalized spacial score (nSPS) is 12.4. The van der Waals surface area contributed by atoms with Gasteiger partial charge in [-0.3, -0.25) is 0 Å². The molecule has 158 valence electrons. The summed E-state index contributed by atoms with van der Waals surface area (Å²) < 4.78 is 19.1. The molecule has 1 unspecified atom stereocenters. The van der Waals surface area contributed by atoms with Crippen molar-refractivity contribution in [1.82, 2.24) is 10.6 Å². The highest BCUT2D eigenvalue weighted by molar-refractivity contribution is 7.10. The summed E-state index contributed by atoms with van der Waals surface area (Å²) in [7, 11) is 0. The van der Waals surface area contributed by atoms with Gasteiger partial charge in [0.2, 0.25) is 0 Å². The van der Waals surface area contributed by atoms with Crippen LogP contribution in [0.4, 0.5) is 9.18 Å². The Morgan fingerprint density at radius 1 is 1.07 bits per heavy atom.